The van der Waals surface area contributed by atoms with E-state index in [1.807, 2.05) is 48.6 Å². The minimum Gasteiger partial charge on any atom is -0.466 e. The third-order valence-corrected chi connectivity index (χ3v) is 12.6. The van der Waals surface area contributed by atoms with Gasteiger partial charge in [0.2, 0.25) is 0 Å². The van der Waals surface area contributed by atoms with Crippen molar-refractivity contribution in [2.75, 3.05) is 89.0 Å². The number of rotatable bonds is 19. The summed E-state index contributed by atoms with van der Waals surface area (Å²) < 4.78 is 31.5. The van der Waals surface area contributed by atoms with Crippen LogP contribution in [0.2, 0.25) is 0 Å². The second kappa shape index (κ2) is 23.8. The maximum atomic E-state index is 8.82. The summed E-state index contributed by atoms with van der Waals surface area (Å²) in [4.78, 5) is 14.0. The predicted molar refractivity (Wildman–Crippen MR) is 263 cm³/mol. The van der Waals surface area contributed by atoms with Gasteiger partial charge < -0.3 is 38.6 Å². The molecule has 0 spiro atoms. The number of hydrogen-bond donors (Lipinski definition) is 1. The van der Waals surface area contributed by atoms with E-state index in [0.717, 1.165) is 80.5 Å². The lowest BCUT2D eigenvalue weighted by molar-refractivity contribution is 0.0504. The Hall–Kier alpha value is -3.13. The lowest BCUT2D eigenvalue weighted by Crippen LogP contribution is -2.23. The number of halogens is 3. The molecular formula is C44H49Br2IN4O6S2. The van der Waals surface area contributed by atoms with Gasteiger partial charge in [0.15, 0.2) is 13.6 Å². The van der Waals surface area contributed by atoms with E-state index >= 15 is 0 Å². The number of fused-ring (bicyclic) bond motifs is 2. The SMILES string of the molecule is COCOc1ccc(/C=C/c2nc3cc(C)c(N(C)CCI)cc3s2)cc1Br.COCOc1ccc(/C=C/c2nc3cc(C)c(N(C)CCOCCO)cc3s2)cc1Br. The van der Waals surface area contributed by atoms with Crippen LogP contribution in [0.5, 0.6) is 11.5 Å². The topological polar surface area (TPSA) is 98.6 Å². The highest BCUT2D eigenvalue weighted by Crippen LogP contribution is 2.33. The van der Waals surface area contributed by atoms with Crippen LogP contribution in [0.15, 0.2) is 69.6 Å². The van der Waals surface area contributed by atoms with Gasteiger partial charge in [0.1, 0.15) is 21.5 Å². The normalized spacial score (nSPS) is 11.5. The second-order valence-corrected chi connectivity index (χ2v) is 18.2. The molecule has 6 rings (SSSR count). The van der Waals surface area contributed by atoms with E-state index < -0.39 is 0 Å². The van der Waals surface area contributed by atoms with Crippen molar-refractivity contribution in [3.8, 4) is 11.5 Å². The summed E-state index contributed by atoms with van der Waals surface area (Å²) >= 11 is 12.9. The first kappa shape index (κ1) is 46.9. The van der Waals surface area contributed by atoms with Crippen molar-refractivity contribution < 1.29 is 28.8 Å². The smallest absolute Gasteiger partial charge is 0.188 e. The minimum atomic E-state index is 0.0502. The fourth-order valence-electron chi connectivity index (χ4n) is 5.93. The number of aliphatic hydroxyl groups is 1. The van der Waals surface area contributed by atoms with E-state index in [-0.39, 0.29) is 20.2 Å². The summed E-state index contributed by atoms with van der Waals surface area (Å²) in [5.41, 5.74) is 9.06. The van der Waals surface area contributed by atoms with Crippen LogP contribution >= 0.6 is 77.1 Å². The van der Waals surface area contributed by atoms with E-state index in [4.69, 9.17) is 38.8 Å². The van der Waals surface area contributed by atoms with Gasteiger partial charge in [0.25, 0.3) is 0 Å². The molecule has 1 N–H and O–H groups in total. The van der Waals surface area contributed by atoms with Crippen LogP contribution < -0.4 is 19.3 Å². The highest BCUT2D eigenvalue weighted by molar-refractivity contribution is 14.1. The van der Waals surface area contributed by atoms with Crippen LogP contribution in [0.25, 0.3) is 44.7 Å². The number of methoxy groups -OCH3 is 2. The molecule has 0 bridgehead atoms. The number of alkyl halides is 1. The maximum absolute atomic E-state index is 8.82. The fourth-order valence-corrected chi connectivity index (χ4v) is 9.44. The van der Waals surface area contributed by atoms with E-state index in [1.165, 1.54) is 21.5 Å². The first-order chi connectivity index (χ1) is 28.5. The van der Waals surface area contributed by atoms with E-state index in [2.05, 4.69) is 129 Å². The Morgan fingerprint density at radius 1 is 0.678 bits per heavy atom. The molecule has 0 radical (unpaired) electrons. The standard InChI is InChI=1S/C23H27BrN2O4S.C21H22BrIN2O2S/c1-16-12-19-22(14-20(16)26(2)8-10-29-11-9-27)31-23(25-19)7-5-17-4-6-21(18(24)13-17)30-15-28-3;1-14-10-17-20(12-18(14)25(2)9-8-23)28-21(24-17)7-5-15-4-6-19(16(22)11-15)27-13-26-3/h4-7,12-14,27H,8-11,15H2,1-3H3;4-7,10-12H,8-9,13H2,1-3H3/b2*7-5+. The lowest BCUT2D eigenvalue weighted by Gasteiger charge is -2.21. The zero-order chi connectivity index (χ0) is 42.3. The van der Waals surface area contributed by atoms with Crippen molar-refractivity contribution in [1.29, 1.82) is 0 Å². The quantitative estimate of drug-likeness (QED) is 0.0365. The molecule has 0 fully saturated rings. The van der Waals surface area contributed by atoms with Crippen LogP contribution in [-0.4, -0.2) is 94.3 Å². The first-order valence-corrected chi connectivity index (χ1v) is 23.5. The van der Waals surface area contributed by atoms with Crippen molar-refractivity contribution in [1.82, 2.24) is 9.97 Å². The number of hydrogen-bond acceptors (Lipinski definition) is 12. The van der Waals surface area contributed by atoms with Gasteiger partial charge in [-0.2, -0.15) is 0 Å². The van der Waals surface area contributed by atoms with Crippen LogP contribution in [0, 0.1) is 13.8 Å². The van der Waals surface area contributed by atoms with Crippen molar-refractivity contribution in [3.05, 3.63) is 102 Å². The van der Waals surface area contributed by atoms with Crippen LogP contribution in [0.4, 0.5) is 11.4 Å². The molecule has 59 heavy (non-hydrogen) atoms. The Morgan fingerprint density at radius 2 is 1.15 bits per heavy atom. The van der Waals surface area contributed by atoms with E-state index in [1.54, 1.807) is 36.9 Å². The molecule has 2 heterocycles. The Balaban J connectivity index is 0.000000225. The number of aromatic nitrogens is 2. The number of likely N-dealkylation sites (N-methyl/N-ethyl adjacent to an activating group) is 1. The number of anilines is 2. The van der Waals surface area contributed by atoms with Crippen molar-refractivity contribution in [2.24, 2.45) is 0 Å². The van der Waals surface area contributed by atoms with Gasteiger partial charge in [0, 0.05) is 57.2 Å². The molecule has 0 aliphatic heterocycles. The van der Waals surface area contributed by atoms with E-state index in [0.29, 0.717) is 13.2 Å². The minimum absolute atomic E-state index is 0.0502. The van der Waals surface area contributed by atoms with Gasteiger partial charge in [-0.05, 0) is 129 Å². The molecule has 0 atom stereocenters. The first-order valence-electron chi connectivity index (χ1n) is 18.7. The summed E-state index contributed by atoms with van der Waals surface area (Å²) in [6.07, 6.45) is 8.20. The Kier molecular flexibility index (Phi) is 18.9. The predicted octanol–water partition coefficient (Wildman–Crippen LogP) is 11.4. The van der Waals surface area contributed by atoms with Gasteiger partial charge in [-0.3, -0.25) is 0 Å². The molecule has 2 aromatic heterocycles. The van der Waals surface area contributed by atoms with Crippen molar-refractivity contribution >= 4 is 133 Å². The largest absolute Gasteiger partial charge is 0.466 e. The van der Waals surface area contributed by atoms with Gasteiger partial charge in [-0.15, -0.1) is 22.7 Å². The van der Waals surface area contributed by atoms with Gasteiger partial charge in [-0.25, -0.2) is 9.97 Å². The molecule has 0 saturated carbocycles. The van der Waals surface area contributed by atoms with Gasteiger partial charge in [0.05, 0.1) is 49.2 Å². The molecule has 0 aliphatic carbocycles. The summed E-state index contributed by atoms with van der Waals surface area (Å²) in [5, 5.41) is 10.8. The Morgan fingerprint density at radius 3 is 1.58 bits per heavy atom. The summed E-state index contributed by atoms with van der Waals surface area (Å²) in [6, 6.07) is 20.6. The number of ether oxygens (including phenoxy) is 5. The third-order valence-electron chi connectivity index (χ3n) is 8.91. The maximum Gasteiger partial charge on any atom is 0.188 e. The van der Waals surface area contributed by atoms with Crippen LogP contribution in [0.3, 0.4) is 0 Å². The van der Waals surface area contributed by atoms with Crippen LogP contribution in [-0.2, 0) is 14.2 Å². The molecule has 314 valence electrons. The molecule has 15 heteroatoms. The van der Waals surface area contributed by atoms with Gasteiger partial charge in [-0.1, -0.05) is 46.9 Å². The molecule has 4 aromatic carbocycles. The summed E-state index contributed by atoms with van der Waals surface area (Å²) in [5.74, 6) is 1.51. The highest BCUT2D eigenvalue weighted by Gasteiger charge is 2.12. The Labute approximate surface area is 385 Å². The highest BCUT2D eigenvalue weighted by atomic mass is 127. The molecular weight excluding hydrogens is 1030 g/mol. The molecule has 0 saturated heterocycles. The number of nitrogens with zero attached hydrogens (tertiary/aromatic N) is 4. The number of aryl methyl sites for hydroxylation is 2. The number of benzene rings is 4. The van der Waals surface area contributed by atoms with Crippen molar-refractivity contribution in [3.63, 3.8) is 0 Å². The average Bonchev–Trinajstić information content (AvgIpc) is 3.82. The number of thiazole rings is 2. The monoisotopic (exact) mass is 1080 g/mol. The van der Waals surface area contributed by atoms with Gasteiger partial charge >= 0.3 is 0 Å². The third kappa shape index (κ3) is 13.7. The molecule has 0 aliphatic rings. The zero-order valence-corrected chi connectivity index (χ0v) is 40.9. The summed E-state index contributed by atoms with van der Waals surface area (Å²) in [7, 11) is 7.40. The second-order valence-electron chi connectivity index (χ2n) is 13.3. The van der Waals surface area contributed by atoms with Crippen molar-refractivity contribution in [2.45, 2.75) is 13.8 Å². The molecule has 0 amide bonds. The Bertz CT molecular complexity index is 2350. The van der Waals surface area contributed by atoms with Crippen LogP contribution in [0.1, 0.15) is 32.3 Å². The molecule has 6 aromatic rings. The van der Waals surface area contributed by atoms with E-state index in [9.17, 15) is 0 Å². The average molecular weight is 1080 g/mol. The zero-order valence-electron chi connectivity index (χ0n) is 34.0. The number of aliphatic hydroxyl groups excluding tert-OH is 1. The molecule has 10 nitrogen and oxygen atoms in total. The fraction of sp³-hybridized carbons (Fsp3) is 0.318. The molecule has 0 unspecified atom stereocenters. The summed E-state index contributed by atoms with van der Waals surface area (Å²) in [6.45, 7) is 7.49. The lowest BCUT2D eigenvalue weighted by atomic mass is 10.1.